The van der Waals surface area contributed by atoms with E-state index >= 15 is 0 Å². The van der Waals surface area contributed by atoms with E-state index in [4.69, 9.17) is 4.74 Å². The number of hydrogen-bond donors (Lipinski definition) is 0. The van der Waals surface area contributed by atoms with Gasteiger partial charge < -0.3 is 4.74 Å². The first-order chi connectivity index (χ1) is 37.6. The molecule has 0 N–H and O–H groups in total. The highest BCUT2D eigenvalue weighted by molar-refractivity contribution is 6.08. The summed E-state index contributed by atoms with van der Waals surface area (Å²) >= 11 is 0. The van der Waals surface area contributed by atoms with Crippen LogP contribution in [0.5, 0.6) is 5.75 Å². The van der Waals surface area contributed by atoms with Gasteiger partial charge in [0.2, 0.25) is 0 Å². The largest absolute Gasteiger partial charge is 0.494 e. The van der Waals surface area contributed by atoms with Gasteiger partial charge in [-0.05, 0) is 180 Å². The van der Waals surface area contributed by atoms with Crippen molar-refractivity contribution >= 4 is 11.6 Å². The number of hydrogen-bond acceptors (Lipinski definition) is 1. The van der Waals surface area contributed by atoms with Gasteiger partial charge in [0, 0.05) is 5.41 Å². The number of fused-ring (bicyclic) bond motifs is 6. The quantitative estimate of drug-likeness (QED) is 0.0388. The molecular formula is C75H76O. The van der Waals surface area contributed by atoms with Crippen molar-refractivity contribution in [3.63, 3.8) is 0 Å². The molecule has 0 amide bonds. The van der Waals surface area contributed by atoms with E-state index < -0.39 is 5.41 Å². The lowest BCUT2D eigenvalue weighted by Gasteiger charge is -2.29. The van der Waals surface area contributed by atoms with Crippen molar-refractivity contribution in [2.75, 3.05) is 6.61 Å². The molecule has 9 rings (SSSR count). The van der Waals surface area contributed by atoms with Gasteiger partial charge in [-0.2, -0.15) is 0 Å². The molecule has 0 spiro atoms. The summed E-state index contributed by atoms with van der Waals surface area (Å²) < 4.78 is 6.30. The first-order valence-corrected chi connectivity index (χ1v) is 28.9. The Balaban J connectivity index is 1.03. The Labute approximate surface area is 455 Å². The molecule has 76 heavy (non-hydrogen) atoms. The fourth-order valence-corrected chi connectivity index (χ4v) is 11.7. The van der Waals surface area contributed by atoms with Crippen LogP contribution in [0.25, 0.3) is 67.3 Å². The third-order valence-electron chi connectivity index (χ3n) is 15.8. The van der Waals surface area contributed by atoms with E-state index in [-0.39, 0.29) is 0 Å². The molecule has 7 aromatic carbocycles. The minimum absolute atomic E-state index is 0.433. The molecule has 0 aromatic heterocycles. The zero-order valence-electron chi connectivity index (χ0n) is 45.4. The van der Waals surface area contributed by atoms with Crippen molar-refractivity contribution < 1.29 is 4.74 Å². The average Bonchev–Trinajstić information content (AvgIpc) is 4.03. The topological polar surface area (TPSA) is 9.23 Å². The molecular weight excluding hydrogens is 917 g/mol. The molecule has 1 atom stereocenters. The molecule has 2 aliphatic carbocycles. The molecule has 0 fully saturated rings. The lowest BCUT2D eigenvalue weighted by atomic mass is 9.73. The van der Waals surface area contributed by atoms with Crippen molar-refractivity contribution in [3.05, 3.63) is 233 Å². The molecule has 0 saturated carbocycles. The van der Waals surface area contributed by atoms with Crippen molar-refractivity contribution in [3.8, 4) is 61.4 Å². The van der Waals surface area contributed by atoms with E-state index in [9.17, 15) is 0 Å². The van der Waals surface area contributed by atoms with E-state index in [1.807, 2.05) is 0 Å². The Morgan fingerprint density at radius 3 is 1.38 bits per heavy atom. The summed E-state index contributed by atoms with van der Waals surface area (Å²) in [6, 6.07) is 58.6. The number of rotatable bonds is 26. The van der Waals surface area contributed by atoms with Crippen LogP contribution in [0.4, 0.5) is 0 Å². The van der Waals surface area contributed by atoms with Gasteiger partial charge in [-0.15, -0.1) is 0 Å². The Kier molecular flexibility index (Phi) is 19.2. The molecule has 0 bridgehead atoms. The molecule has 1 nitrogen and oxygen atoms in total. The van der Waals surface area contributed by atoms with E-state index in [0.717, 1.165) is 37.2 Å². The van der Waals surface area contributed by atoms with Crippen LogP contribution in [-0.4, -0.2) is 6.61 Å². The van der Waals surface area contributed by atoms with E-state index in [1.54, 1.807) is 0 Å². The minimum Gasteiger partial charge on any atom is -0.494 e. The normalized spacial score (nSPS) is 14.0. The van der Waals surface area contributed by atoms with Crippen LogP contribution in [0.15, 0.2) is 205 Å². The Morgan fingerprint density at radius 1 is 0.408 bits per heavy atom. The lowest BCUT2D eigenvalue weighted by Crippen LogP contribution is -2.22. The summed E-state index contributed by atoms with van der Waals surface area (Å²) in [7, 11) is 0. The van der Waals surface area contributed by atoms with Gasteiger partial charge in [0.05, 0.1) is 6.61 Å². The summed E-state index contributed by atoms with van der Waals surface area (Å²) in [5.74, 6) is 0.938. The minimum atomic E-state index is -0.433. The summed E-state index contributed by atoms with van der Waals surface area (Å²) in [5.41, 5.74) is 37.3. The second-order valence-corrected chi connectivity index (χ2v) is 21.1. The lowest BCUT2D eigenvalue weighted by molar-refractivity contribution is 0.304. The smallest absolute Gasteiger partial charge is 0.119 e. The van der Waals surface area contributed by atoms with E-state index in [0.29, 0.717) is 0 Å². The highest BCUT2D eigenvalue weighted by atomic mass is 16.5. The Morgan fingerprint density at radius 2 is 0.855 bits per heavy atom. The molecule has 0 heterocycles. The monoisotopic (exact) mass is 993 g/mol. The van der Waals surface area contributed by atoms with E-state index in [2.05, 4.69) is 225 Å². The van der Waals surface area contributed by atoms with Crippen LogP contribution in [0.3, 0.4) is 0 Å². The molecule has 7 aromatic rings. The first kappa shape index (κ1) is 53.3. The second-order valence-electron chi connectivity index (χ2n) is 21.1. The predicted octanol–water partition coefficient (Wildman–Crippen LogP) is 21.5. The number of ether oxygens (including phenoxy) is 1. The third kappa shape index (κ3) is 13.1. The molecule has 0 aliphatic heterocycles. The van der Waals surface area contributed by atoms with Gasteiger partial charge in [0.15, 0.2) is 0 Å². The Hall–Kier alpha value is -7.50. The van der Waals surface area contributed by atoms with Crippen molar-refractivity contribution in [1.29, 1.82) is 0 Å². The first-order valence-electron chi connectivity index (χ1n) is 28.9. The standard InChI is InChI=1S/C75H76O/c1-4-7-10-13-16-17-18-19-20-21-24-33-52-76-65-44-38-58(39-45-65)53-70-71-54-61(59-34-27-25-28-35-59)40-46-66(71)67-47-41-62(55-72(67)70)64-43-49-69-68-48-42-63(60-36-29-26-30-37-60)56-73(68)75(74(69)57-64,50-31-22-14-11-8-5-2)51-32-23-15-12-9-6-3/h25-30,34-50,53-57H,2,4,6-7,9-10,12-13,15-21,23-24,32-33,51-52H2,1,3H3/b70-53-. The van der Waals surface area contributed by atoms with Gasteiger partial charge in [-0.1, -0.05) is 256 Å². The molecule has 1 heteroatoms. The summed E-state index contributed by atoms with van der Waals surface area (Å²) in [5, 5.41) is 0. The highest BCUT2D eigenvalue weighted by Crippen LogP contribution is 2.55. The SMILES string of the molecule is C=C=C=C=C=C=C=CC1(CCCCCCCC)c2cc(-c3ccccc3)ccc2-c2ccc(-c3ccc4c(c3)/C(=C\c3ccc(OCCCCCCCCCCCCCC)cc3)c3cc(-c5ccccc5)ccc3-4)cc21. The fraction of sp³-hybridized carbons (Fsp3) is 0.307. The summed E-state index contributed by atoms with van der Waals surface area (Å²) in [6.45, 7) is 8.97. The van der Waals surface area contributed by atoms with Gasteiger partial charge in [0.25, 0.3) is 0 Å². The summed E-state index contributed by atoms with van der Waals surface area (Å²) in [4.78, 5) is 0. The maximum absolute atomic E-state index is 6.30. The zero-order valence-corrected chi connectivity index (χ0v) is 45.4. The molecule has 1 unspecified atom stereocenters. The van der Waals surface area contributed by atoms with Crippen LogP contribution in [0.1, 0.15) is 164 Å². The number of allylic oxidation sites excluding steroid dienone is 1. The van der Waals surface area contributed by atoms with Crippen molar-refractivity contribution in [2.45, 2.75) is 141 Å². The van der Waals surface area contributed by atoms with E-state index in [1.165, 1.54) is 186 Å². The van der Waals surface area contributed by atoms with Gasteiger partial charge >= 0.3 is 0 Å². The third-order valence-corrected chi connectivity index (χ3v) is 15.8. The molecule has 0 saturated heterocycles. The molecule has 2 aliphatic rings. The molecule has 0 radical (unpaired) electrons. The van der Waals surface area contributed by atoms with Gasteiger partial charge in [0.1, 0.15) is 5.75 Å². The second kappa shape index (κ2) is 27.3. The molecule has 382 valence electrons. The predicted molar refractivity (Wildman–Crippen MR) is 324 cm³/mol. The maximum atomic E-state index is 6.30. The van der Waals surface area contributed by atoms with Gasteiger partial charge in [-0.3, -0.25) is 0 Å². The maximum Gasteiger partial charge on any atom is 0.119 e. The van der Waals surface area contributed by atoms with Crippen LogP contribution in [0.2, 0.25) is 0 Å². The van der Waals surface area contributed by atoms with Crippen LogP contribution in [0, 0.1) is 0 Å². The summed E-state index contributed by atoms with van der Waals surface area (Å²) in [6.07, 6.45) is 29.0. The van der Waals surface area contributed by atoms with Crippen molar-refractivity contribution in [2.24, 2.45) is 0 Å². The van der Waals surface area contributed by atoms with Crippen LogP contribution < -0.4 is 4.74 Å². The number of benzene rings is 7. The van der Waals surface area contributed by atoms with Crippen molar-refractivity contribution in [1.82, 2.24) is 0 Å². The zero-order chi connectivity index (χ0) is 52.2. The van der Waals surface area contributed by atoms with Crippen LogP contribution >= 0.6 is 0 Å². The Bertz CT molecular complexity index is 3330. The van der Waals surface area contributed by atoms with Gasteiger partial charge in [-0.25, -0.2) is 0 Å². The fourth-order valence-electron chi connectivity index (χ4n) is 11.7. The average molecular weight is 993 g/mol. The highest BCUT2D eigenvalue weighted by Gasteiger charge is 2.42. The van der Waals surface area contributed by atoms with Crippen LogP contribution in [-0.2, 0) is 5.41 Å². The number of unbranched alkanes of at least 4 members (excludes halogenated alkanes) is 16.